The van der Waals surface area contributed by atoms with Gasteiger partial charge in [0.05, 0.1) is 0 Å². The van der Waals surface area contributed by atoms with Crippen molar-refractivity contribution < 1.29 is 8.78 Å². The average molecular weight is 178 g/mol. The first-order chi connectivity index (χ1) is 5.18. The molecule has 4 heteroatoms. The van der Waals surface area contributed by atoms with Crippen LogP contribution in [0.5, 0.6) is 0 Å². The Labute approximate surface area is 68.0 Å². The molecule has 0 atom stereocenters. The lowest BCUT2D eigenvalue weighted by molar-refractivity contribution is 0.149. The van der Waals surface area contributed by atoms with Crippen LogP contribution in [0.1, 0.15) is 5.56 Å². The third-order valence-corrected chi connectivity index (χ3v) is 1.40. The molecule has 0 aliphatic rings. The highest BCUT2D eigenvalue weighted by molar-refractivity contribution is 6.29. The maximum absolute atomic E-state index is 11.8. The third-order valence-electron chi connectivity index (χ3n) is 1.18. The van der Waals surface area contributed by atoms with E-state index in [0.29, 0.717) is 10.7 Å². The van der Waals surface area contributed by atoms with Gasteiger partial charge in [-0.05, 0) is 11.6 Å². The Kier molecular flexibility index (Phi) is 2.76. The Morgan fingerprint density at radius 2 is 2.18 bits per heavy atom. The fourth-order valence-corrected chi connectivity index (χ4v) is 0.817. The van der Waals surface area contributed by atoms with Crippen LogP contribution < -0.4 is 0 Å². The number of hydrogen-bond acceptors (Lipinski definition) is 1. The van der Waals surface area contributed by atoms with Crippen LogP contribution in [-0.4, -0.2) is 11.4 Å². The topological polar surface area (TPSA) is 12.9 Å². The summed E-state index contributed by atoms with van der Waals surface area (Å²) in [6, 6.07) is 3.04. The van der Waals surface area contributed by atoms with Crippen LogP contribution >= 0.6 is 11.6 Å². The Balaban J connectivity index is 2.66. The Morgan fingerprint density at radius 3 is 2.64 bits per heavy atom. The smallest absolute Gasteiger partial charge is 0.242 e. The average Bonchev–Trinajstić information content (AvgIpc) is 1.93. The molecule has 0 unspecified atom stereocenters. The first-order valence-electron chi connectivity index (χ1n) is 3.07. The zero-order valence-electron chi connectivity index (χ0n) is 5.60. The molecule has 0 aliphatic carbocycles. The second-order valence-corrected chi connectivity index (χ2v) is 2.47. The van der Waals surface area contributed by atoms with Gasteiger partial charge in [0, 0.05) is 12.6 Å². The van der Waals surface area contributed by atoms with E-state index in [1.807, 2.05) is 0 Å². The number of alkyl halides is 2. The van der Waals surface area contributed by atoms with Gasteiger partial charge >= 0.3 is 0 Å². The van der Waals surface area contributed by atoms with Crippen molar-refractivity contribution >= 4 is 11.6 Å². The lowest BCUT2D eigenvalue weighted by atomic mass is 10.2. The maximum Gasteiger partial charge on any atom is 0.242 e. The van der Waals surface area contributed by atoms with Crippen LogP contribution in [0.2, 0.25) is 5.15 Å². The maximum atomic E-state index is 11.8. The van der Waals surface area contributed by atoms with Crippen molar-refractivity contribution in [3.63, 3.8) is 0 Å². The van der Waals surface area contributed by atoms with Crippen molar-refractivity contribution in [3.05, 3.63) is 29.0 Å². The van der Waals surface area contributed by atoms with E-state index in [2.05, 4.69) is 4.98 Å². The molecule has 1 nitrogen and oxygen atoms in total. The van der Waals surface area contributed by atoms with Gasteiger partial charge in [0.1, 0.15) is 5.15 Å². The van der Waals surface area contributed by atoms with E-state index in [9.17, 15) is 8.78 Å². The van der Waals surface area contributed by atoms with Crippen LogP contribution in [0.3, 0.4) is 0 Å². The fourth-order valence-electron chi connectivity index (χ4n) is 0.705. The van der Waals surface area contributed by atoms with Gasteiger partial charge in [-0.2, -0.15) is 0 Å². The second-order valence-electron chi connectivity index (χ2n) is 2.08. The van der Waals surface area contributed by atoms with Crippen molar-refractivity contribution in [3.8, 4) is 0 Å². The molecule has 0 spiro atoms. The summed E-state index contributed by atoms with van der Waals surface area (Å²) in [6.07, 6.45) is -1.23. The van der Waals surface area contributed by atoms with Crippen molar-refractivity contribution in [2.45, 2.75) is 12.8 Å². The first-order valence-corrected chi connectivity index (χ1v) is 3.45. The minimum atomic E-state index is -2.32. The number of halogens is 3. The predicted molar refractivity (Wildman–Crippen MR) is 39.0 cm³/mol. The molecule has 1 heterocycles. The molecule has 0 fully saturated rings. The summed E-state index contributed by atoms with van der Waals surface area (Å²) in [5.41, 5.74) is 0.504. The number of aromatic nitrogens is 1. The number of pyridine rings is 1. The number of nitrogens with zero attached hydrogens (tertiary/aromatic N) is 1. The van der Waals surface area contributed by atoms with Crippen LogP contribution in [-0.2, 0) is 6.42 Å². The van der Waals surface area contributed by atoms with Crippen molar-refractivity contribution in [1.82, 2.24) is 4.98 Å². The van der Waals surface area contributed by atoms with Crippen LogP contribution in [0.4, 0.5) is 8.78 Å². The molecule has 11 heavy (non-hydrogen) atoms. The largest absolute Gasteiger partial charge is 0.244 e. The molecule has 1 aromatic heterocycles. The predicted octanol–water partition coefficient (Wildman–Crippen LogP) is 2.54. The standard InChI is InChI=1S/C7H6ClF2N/c8-6-2-1-5(4-11-6)3-7(9)10/h1-2,4,7H,3H2. The molecule has 0 aromatic carbocycles. The van der Waals surface area contributed by atoms with E-state index in [-0.39, 0.29) is 6.42 Å². The molecule has 0 saturated heterocycles. The summed E-state index contributed by atoms with van der Waals surface area (Å²) in [5, 5.41) is 0.322. The number of rotatable bonds is 2. The summed E-state index contributed by atoms with van der Waals surface area (Å²) < 4.78 is 23.5. The zero-order valence-corrected chi connectivity index (χ0v) is 6.35. The van der Waals surface area contributed by atoms with Crippen LogP contribution in [0, 0.1) is 0 Å². The quantitative estimate of drug-likeness (QED) is 0.633. The van der Waals surface area contributed by atoms with Crippen LogP contribution in [0.25, 0.3) is 0 Å². The highest BCUT2D eigenvalue weighted by Gasteiger charge is 2.03. The molecule has 60 valence electrons. The highest BCUT2D eigenvalue weighted by Crippen LogP contribution is 2.09. The van der Waals surface area contributed by atoms with E-state index in [1.54, 1.807) is 6.07 Å². The normalized spacial score (nSPS) is 10.5. The number of hydrogen-bond donors (Lipinski definition) is 0. The van der Waals surface area contributed by atoms with Crippen molar-refractivity contribution in [2.24, 2.45) is 0 Å². The van der Waals surface area contributed by atoms with Crippen LogP contribution in [0.15, 0.2) is 18.3 Å². The van der Waals surface area contributed by atoms with Gasteiger partial charge in [0.25, 0.3) is 0 Å². The van der Waals surface area contributed by atoms with E-state index in [4.69, 9.17) is 11.6 Å². The lowest BCUT2D eigenvalue weighted by Crippen LogP contribution is -1.96. The molecule has 0 radical (unpaired) electrons. The Hall–Kier alpha value is -0.700. The Bertz CT molecular complexity index is 222. The third kappa shape index (κ3) is 2.80. The summed E-state index contributed by atoms with van der Waals surface area (Å²) in [6.45, 7) is 0. The molecule has 1 rings (SSSR count). The molecule has 0 aliphatic heterocycles. The van der Waals surface area contributed by atoms with Crippen molar-refractivity contribution in [1.29, 1.82) is 0 Å². The SMILES string of the molecule is FC(F)Cc1ccc(Cl)nc1. The molecular formula is C7H6ClF2N. The molecule has 0 saturated carbocycles. The second kappa shape index (κ2) is 3.62. The van der Waals surface area contributed by atoms with E-state index in [0.717, 1.165) is 0 Å². The summed E-state index contributed by atoms with van der Waals surface area (Å²) in [5.74, 6) is 0. The molecule has 0 bridgehead atoms. The minimum Gasteiger partial charge on any atom is -0.244 e. The van der Waals surface area contributed by atoms with Gasteiger partial charge in [0.2, 0.25) is 6.43 Å². The van der Waals surface area contributed by atoms with Gasteiger partial charge < -0.3 is 0 Å². The van der Waals surface area contributed by atoms with Gasteiger partial charge in [-0.3, -0.25) is 0 Å². The summed E-state index contributed by atoms with van der Waals surface area (Å²) in [7, 11) is 0. The van der Waals surface area contributed by atoms with E-state index < -0.39 is 6.43 Å². The lowest BCUT2D eigenvalue weighted by Gasteiger charge is -1.97. The van der Waals surface area contributed by atoms with E-state index >= 15 is 0 Å². The summed E-state index contributed by atoms with van der Waals surface area (Å²) >= 11 is 5.45. The van der Waals surface area contributed by atoms with Gasteiger partial charge in [-0.25, -0.2) is 13.8 Å². The monoisotopic (exact) mass is 177 g/mol. The first kappa shape index (κ1) is 8.40. The van der Waals surface area contributed by atoms with Crippen molar-refractivity contribution in [2.75, 3.05) is 0 Å². The molecule has 1 aromatic rings. The summed E-state index contributed by atoms with van der Waals surface area (Å²) in [4.78, 5) is 3.66. The van der Waals surface area contributed by atoms with Gasteiger partial charge in [-0.15, -0.1) is 0 Å². The van der Waals surface area contributed by atoms with Gasteiger partial charge in [0.15, 0.2) is 0 Å². The fraction of sp³-hybridized carbons (Fsp3) is 0.286. The Morgan fingerprint density at radius 1 is 1.45 bits per heavy atom. The molecular weight excluding hydrogens is 172 g/mol. The van der Waals surface area contributed by atoms with E-state index in [1.165, 1.54) is 12.3 Å². The molecule has 0 amide bonds. The zero-order chi connectivity index (χ0) is 8.27. The minimum absolute atomic E-state index is 0.260. The molecule has 0 N–H and O–H groups in total. The van der Waals surface area contributed by atoms with Gasteiger partial charge in [-0.1, -0.05) is 17.7 Å². The highest BCUT2D eigenvalue weighted by atomic mass is 35.5.